The van der Waals surface area contributed by atoms with E-state index >= 15 is 0 Å². The Balaban J connectivity index is 1.68. The second-order valence-corrected chi connectivity index (χ2v) is 8.24. The van der Waals surface area contributed by atoms with Gasteiger partial charge in [0.1, 0.15) is 0 Å². The van der Waals surface area contributed by atoms with Crippen molar-refractivity contribution >= 4 is 28.1 Å². The summed E-state index contributed by atoms with van der Waals surface area (Å²) in [6.45, 7) is 3.19. The third-order valence-corrected chi connectivity index (χ3v) is 5.96. The first-order valence-corrected chi connectivity index (χ1v) is 10.8. The average molecular weight is 444 g/mol. The molecular weight excluding hydrogens is 420 g/mol. The van der Waals surface area contributed by atoms with Gasteiger partial charge in [-0.15, -0.1) is 0 Å². The third kappa shape index (κ3) is 3.56. The maximum Gasteiger partial charge on any atom is 0.332 e. The number of benzene rings is 1. The first-order valence-electron chi connectivity index (χ1n) is 10.8. The Hall–Kier alpha value is -3.97. The highest BCUT2D eigenvalue weighted by atomic mass is 16.2. The molecule has 33 heavy (non-hydrogen) atoms. The highest BCUT2D eigenvalue weighted by Gasteiger charge is 2.26. The summed E-state index contributed by atoms with van der Waals surface area (Å²) in [4.78, 5) is 42.0. The summed E-state index contributed by atoms with van der Waals surface area (Å²) in [7, 11) is 1.62. The van der Waals surface area contributed by atoms with Crippen LogP contribution in [0, 0.1) is 12.0 Å². The van der Waals surface area contributed by atoms with Crippen molar-refractivity contribution < 1.29 is 0 Å². The second-order valence-electron chi connectivity index (χ2n) is 8.24. The lowest BCUT2D eigenvalue weighted by Crippen LogP contribution is -2.43. The van der Waals surface area contributed by atoms with E-state index in [-0.39, 0.29) is 18.1 Å². The Morgan fingerprint density at radius 1 is 1.18 bits per heavy atom. The second kappa shape index (κ2) is 8.18. The van der Waals surface area contributed by atoms with Crippen LogP contribution in [0.2, 0.25) is 0 Å². The molecule has 3 aromatic heterocycles. The van der Waals surface area contributed by atoms with E-state index in [9.17, 15) is 9.59 Å². The summed E-state index contributed by atoms with van der Waals surface area (Å²) in [5.74, 6) is 3.41. The lowest BCUT2D eigenvalue weighted by molar-refractivity contribution is 0.499. The van der Waals surface area contributed by atoms with E-state index in [1.54, 1.807) is 30.9 Å². The van der Waals surface area contributed by atoms with E-state index < -0.39 is 11.2 Å². The SMILES string of the molecule is CC#Cn1c(N2CCC[C@@H](N)C2)nc2c1c(=O)n(Cc1ccc3nccnc3c1)c(=O)n2C. The fourth-order valence-corrected chi connectivity index (χ4v) is 4.36. The van der Waals surface area contributed by atoms with Crippen LogP contribution >= 0.6 is 0 Å². The van der Waals surface area contributed by atoms with Crippen LogP contribution in [0.5, 0.6) is 0 Å². The molecule has 4 aromatic rings. The molecule has 10 heteroatoms. The third-order valence-electron chi connectivity index (χ3n) is 5.96. The molecule has 2 N–H and O–H groups in total. The van der Waals surface area contributed by atoms with E-state index in [0.717, 1.165) is 30.5 Å². The van der Waals surface area contributed by atoms with Gasteiger partial charge in [0.15, 0.2) is 11.2 Å². The number of anilines is 1. The highest BCUT2D eigenvalue weighted by molar-refractivity contribution is 5.76. The zero-order valence-corrected chi connectivity index (χ0v) is 18.5. The van der Waals surface area contributed by atoms with Gasteiger partial charge >= 0.3 is 5.69 Å². The normalized spacial score (nSPS) is 16.2. The molecule has 4 heterocycles. The summed E-state index contributed by atoms with van der Waals surface area (Å²) >= 11 is 0. The molecule has 1 saturated heterocycles. The molecule has 5 rings (SSSR count). The van der Waals surface area contributed by atoms with E-state index in [1.807, 2.05) is 23.1 Å². The number of hydrogen-bond donors (Lipinski definition) is 1. The fraction of sp³-hybridized carbons (Fsp3) is 0.348. The number of aryl methyl sites for hydroxylation is 1. The Morgan fingerprint density at radius 2 is 1.97 bits per heavy atom. The lowest BCUT2D eigenvalue weighted by atomic mass is 10.1. The maximum atomic E-state index is 13.6. The van der Waals surface area contributed by atoms with Crippen molar-refractivity contribution in [2.24, 2.45) is 12.8 Å². The fourth-order valence-electron chi connectivity index (χ4n) is 4.36. The molecule has 1 aliphatic heterocycles. The maximum absolute atomic E-state index is 13.6. The lowest BCUT2D eigenvalue weighted by Gasteiger charge is -2.31. The largest absolute Gasteiger partial charge is 0.340 e. The number of nitrogens with zero attached hydrogens (tertiary/aromatic N) is 7. The van der Waals surface area contributed by atoms with Gasteiger partial charge in [-0.1, -0.05) is 12.0 Å². The van der Waals surface area contributed by atoms with Gasteiger partial charge in [0, 0.05) is 44.6 Å². The number of hydrogen-bond acceptors (Lipinski definition) is 7. The van der Waals surface area contributed by atoms with Crippen LogP contribution in [-0.2, 0) is 13.6 Å². The Labute approximate surface area is 189 Å². The van der Waals surface area contributed by atoms with E-state index in [4.69, 9.17) is 5.73 Å². The molecule has 1 fully saturated rings. The van der Waals surface area contributed by atoms with Gasteiger partial charge in [-0.25, -0.2) is 9.36 Å². The van der Waals surface area contributed by atoms with Crippen molar-refractivity contribution in [3.63, 3.8) is 0 Å². The van der Waals surface area contributed by atoms with Crippen LogP contribution in [0.4, 0.5) is 5.95 Å². The summed E-state index contributed by atoms with van der Waals surface area (Å²) in [5.41, 5.74) is 8.10. The molecule has 0 bridgehead atoms. The van der Waals surface area contributed by atoms with Gasteiger partial charge in [-0.2, -0.15) is 4.98 Å². The molecule has 0 radical (unpaired) electrons. The molecule has 0 saturated carbocycles. The number of fused-ring (bicyclic) bond motifs is 2. The monoisotopic (exact) mass is 444 g/mol. The molecule has 168 valence electrons. The Bertz CT molecular complexity index is 1550. The topological polar surface area (TPSA) is 117 Å². The quantitative estimate of drug-likeness (QED) is 0.461. The van der Waals surface area contributed by atoms with Gasteiger partial charge in [0.05, 0.1) is 17.6 Å². The molecule has 1 aromatic carbocycles. The van der Waals surface area contributed by atoms with Crippen LogP contribution in [-0.4, -0.2) is 47.8 Å². The van der Waals surface area contributed by atoms with Crippen LogP contribution < -0.4 is 21.9 Å². The zero-order valence-electron chi connectivity index (χ0n) is 18.5. The standard InChI is InChI=1S/C23H24N8O2/c1-3-10-30-19-20(27-22(30)29-11-4-5-16(24)14-29)28(2)23(33)31(21(19)32)13-15-6-7-17-18(12-15)26-9-8-25-17/h6-9,12,16H,4-5,11,13-14,24H2,1-2H3/t16-/m1/s1. The van der Waals surface area contributed by atoms with Crippen LogP contribution in [0.1, 0.15) is 25.3 Å². The summed E-state index contributed by atoms with van der Waals surface area (Å²) in [5, 5.41) is 0. The predicted molar refractivity (Wildman–Crippen MR) is 126 cm³/mol. The number of rotatable bonds is 3. The van der Waals surface area contributed by atoms with Gasteiger partial charge in [0.25, 0.3) is 5.56 Å². The van der Waals surface area contributed by atoms with Crippen LogP contribution in [0.3, 0.4) is 0 Å². The smallest absolute Gasteiger partial charge is 0.332 e. The molecule has 1 aliphatic rings. The molecular formula is C23H24N8O2. The first kappa shape index (κ1) is 20.9. The average Bonchev–Trinajstić information content (AvgIpc) is 3.20. The van der Waals surface area contributed by atoms with Crippen LogP contribution in [0.25, 0.3) is 22.2 Å². The van der Waals surface area contributed by atoms with Gasteiger partial charge in [0.2, 0.25) is 5.95 Å². The number of piperidine rings is 1. The summed E-state index contributed by atoms with van der Waals surface area (Å²) in [6.07, 6.45) is 5.10. The molecule has 0 aliphatic carbocycles. The molecule has 10 nitrogen and oxygen atoms in total. The molecule has 0 amide bonds. The number of nitrogens with two attached hydrogens (primary N) is 1. The minimum atomic E-state index is -0.442. The van der Waals surface area contributed by atoms with Crippen molar-refractivity contribution in [1.82, 2.24) is 28.7 Å². The Kier molecular flexibility index (Phi) is 5.18. The molecule has 0 unspecified atom stereocenters. The minimum Gasteiger partial charge on any atom is -0.340 e. The highest BCUT2D eigenvalue weighted by Crippen LogP contribution is 2.22. The number of imidazole rings is 1. The summed E-state index contributed by atoms with van der Waals surface area (Å²) in [6, 6.07) is 8.52. The van der Waals surface area contributed by atoms with E-state index in [0.29, 0.717) is 23.7 Å². The number of aromatic nitrogens is 6. The molecule has 0 spiro atoms. The predicted octanol–water partition coefficient (Wildman–Crippen LogP) is 0.645. The van der Waals surface area contributed by atoms with Gasteiger partial charge in [-0.05, 0) is 37.5 Å². The van der Waals surface area contributed by atoms with Crippen molar-refractivity contribution in [2.75, 3.05) is 18.0 Å². The van der Waals surface area contributed by atoms with Crippen molar-refractivity contribution in [2.45, 2.75) is 32.4 Å². The Morgan fingerprint density at radius 3 is 2.73 bits per heavy atom. The van der Waals surface area contributed by atoms with Crippen molar-refractivity contribution in [3.05, 3.63) is 57.0 Å². The molecule has 1 atom stereocenters. The zero-order chi connectivity index (χ0) is 23.1. The first-order chi connectivity index (χ1) is 16.0. The van der Waals surface area contributed by atoms with Crippen molar-refractivity contribution in [3.8, 4) is 12.0 Å². The van der Waals surface area contributed by atoms with Crippen molar-refractivity contribution in [1.29, 1.82) is 0 Å². The van der Waals surface area contributed by atoms with Gasteiger partial charge < -0.3 is 10.6 Å². The van der Waals surface area contributed by atoms with E-state index in [2.05, 4.69) is 26.9 Å². The van der Waals surface area contributed by atoms with Crippen LogP contribution in [0.15, 0.2) is 40.2 Å². The van der Waals surface area contributed by atoms with Gasteiger partial charge in [-0.3, -0.25) is 23.9 Å². The minimum absolute atomic E-state index is 0.0260. The van der Waals surface area contributed by atoms with E-state index in [1.165, 1.54) is 9.13 Å². The summed E-state index contributed by atoms with van der Waals surface area (Å²) < 4.78 is 4.21.